The number of pyridine rings is 1. The molecule has 0 N–H and O–H groups in total. The first-order valence-electron chi connectivity index (χ1n) is 5.43. The Kier molecular flexibility index (Phi) is 3.49. The van der Waals surface area contributed by atoms with Gasteiger partial charge in [0, 0.05) is 11.8 Å². The van der Waals surface area contributed by atoms with Gasteiger partial charge in [0.05, 0.1) is 6.54 Å². The summed E-state index contributed by atoms with van der Waals surface area (Å²) in [5, 5.41) is 0. The number of aromatic nitrogens is 1. The number of benzene rings is 1. The van der Waals surface area contributed by atoms with Crippen molar-refractivity contribution >= 4 is 18.0 Å². The van der Waals surface area contributed by atoms with Gasteiger partial charge < -0.3 is 4.57 Å². The van der Waals surface area contributed by atoms with Gasteiger partial charge >= 0.3 is 0 Å². The minimum atomic E-state index is 0.0762. The molecule has 86 valence electrons. The summed E-state index contributed by atoms with van der Waals surface area (Å²) in [7, 11) is 0. The minimum absolute atomic E-state index is 0.0762. The zero-order chi connectivity index (χ0) is 12.3. The number of carbonyl (C=O) groups is 1. The van der Waals surface area contributed by atoms with Gasteiger partial charge in [-0.1, -0.05) is 48.6 Å². The summed E-state index contributed by atoms with van der Waals surface area (Å²) >= 11 is 5.27. The van der Waals surface area contributed by atoms with E-state index in [2.05, 4.69) is 0 Å². The second-order valence-corrected chi connectivity index (χ2v) is 4.30. The fourth-order valence-corrected chi connectivity index (χ4v) is 1.84. The van der Waals surface area contributed by atoms with E-state index in [1.54, 1.807) is 4.57 Å². The highest BCUT2D eigenvalue weighted by Crippen LogP contribution is 2.05. The van der Waals surface area contributed by atoms with Crippen molar-refractivity contribution in [3.63, 3.8) is 0 Å². The fourth-order valence-electron chi connectivity index (χ4n) is 1.65. The van der Waals surface area contributed by atoms with Crippen LogP contribution in [0.25, 0.3) is 0 Å². The molecule has 0 atom stereocenters. The summed E-state index contributed by atoms with van der Waals surface area (Å²) < 4.78 is 2.52. The summed E-state index contributed by atoms with van der Waals surface area (Å²) in [6.07, 6.45) is 1.84. The van der Waals surface area contributed by atoms with E-state index in [4.69, 9.17) is 12.2 Å². The van der Waals surface area contributed by atoms with Crippen LogP contribution in [-0.2, 0) is 6.54 Å². The van der Waals surface area contributed by atoms with Crippen molar-refractivity contribution in [2.45, 2.75) is 13.5 Å². The van der Waals surface area contributed by atoms with Crippen LogP contribution in [-0.4, -0.2) is 10.4 Å². The molecule has 0 radical (unpaired) electrons. The Morgan fingerprint density at radius 1 is 1.18 bits per heavy atom. The predicted octanol–water partition coefficient (Wildman–Crippen LogP) is 3.41. The molecule has 0 fully saturated rings. The molecular formula is C14H13NOS. The Bertz CT molecular complexity index is 587. The highest BCUT2D eigenvalue weighted by molar-refractivity contribution is 7.71. The maximum Gasteiger partial charge on any atom is 0.182 e. The number of hydrogen-bond donors (Lipinski definition) is 0. The van der Waals surface area contributed by atoms with Crippen LogP contribution < -0.4 is 0 Å². The highest BCUT2D eigenvalue weighted by atomic mass is 32.1. The van der Waals surface area contributed by atoms with Crippen LogP contribution in [0.2, 0.25) is 0 Å². The number of rotatable bonds is 3. The number of hydrogen-bond acceptors (Lipinski definition) is 2. The van der Waals surface area contributed by atoms with Crippen molar-refractivity contribution in [3.8, 4) is 0 Å². The van der Waals surface area contributed by atoms with E-state index >= 15 is 0 Å². The molecular weight excluding hydrogens is 230 g/mol. The van der Waals surface area contributed by atoms with E-state index in [9.17, 15) is 4.79 Å². The second-order valence-electron chi connectivity index (χ2n) is 3.91. The molecule has 2 aromatic rings. The Morgan fingerprint density at radius 2 is 1.88 bits per heavy atom. The van der Waals surface area contributed by atoms with Gasteiger partial charge in [-0.25, -0.2) is 0 Å². The Hall–Kier alpha value is -1.74. The molecule has 0 aliphatic carbocycles. The summed E-state index contributed by atoms with van der Waals surface area (Å²) in [6, 6.07) is 13.1. The molecule has 2 nitrogen and oxygen atoms in total. The lowest BCUT2D eigenvalue weighted by atomic mass is 10.1. The van der Waals surface area contributed by atoms with Gasteiger partial charge in [-0.3, -0.25) is 4.79 Å². The maximum atomic E-state index is 12.0. The zero-order valence-corrected chi connectivity index (χ0v) is 10.4. The molecule has 0 amide bonds. The van der Waals surface area contributed by atoms with Crippen LogP contribution in [0.5, 0.6) is 0 Å². The Morgan fingerprint density at radius 3 is 2.59 bits per heavy atom. The van der Waals surface area contributed by atoms with Gasteiger partial charge in [-0.15, -0.1) is 0 Å². The van der Waals surface area contributed by atoms with E-state index in [-0.39, 0.29) is 5.78 Å². The third kappa shape index (κ3) is 2.68. The fraction of sp³-hybridized carbons (Fsp3) is 0.143. The van der Waals surface area contributed by atoms with Crippen LogP contribution in [0.1, 0.15) is 15.9 Å². The first kappa shape index (κ1) is 11.7. The van der Waals surface area contributed by atoms with Crippen LogP contribution >= 0.6 is 12.2 Å². The lowest BCUT2D eigenvalue weighted by molar-refractivity contribution is 0.0971. The lowest BCUT2D eigenvalue weighted by Gasteiger charge is -2.07. The second kappa shape index (κ2) is 5.06. The first-order valence-corrected chi connectivity index (χ1v) is 5.83. The van der Waals surface area contributed by atoms with Crippen molar-refractivity contribution < 1.29 is 4.79 Å². The van der Waals surface area contributed by atoms with Crippen molar-refractivity contribution in [2.75, 3.05) is 0 Å². The van der Waals surface area contributed by atoms with Gasteiger partial charge in [0.1, 0.15) is 4.64 Å². The van der Waals surface area contributed by atoms with Gasteiger partial charge in [-0.2, -0.15) is 0 Å². The highest BCUT2D eigenvalue weighted by Gasteiger charge is 2.06. The molecule has 2 rings (SSSR count). The molecule has 0 unspecified atom stereocenters. The van der Waals surface area contributed by atoms with E-state index in [1.807, 2.05) is 55.6 Å². The van der Waals surface area contributed by atoms with E-state index in [0.717, 1.165) is 15.8 Å². The van der Waals surface area contributed by atoms with Crippen LogP contribution in [0.15, 0.2) is 48.7 Å². The van der Waals surface area contributed by atoms with Gasteiger partial charge in [0.2, 0.25) is 0 Å². The molecule has 17 heavy (non-hydrogen) atoms. The molecule has 0 aliphatic heterocycles. The van der Waals surface area contributed by atoms with Crippen LogP contribution in [0.4, 0.5) is 0 Å². The Balaban J connectivity index is 2.25. The van der Waals surface area contributed by atoms with Crippen molar-refractivity contribution in [1.29, 1.82) is 0 Å². The average Bonchev–Trinajstić information content (AvgIpc) is 2.36. The molecule has 0 aliphatic rings. The van der Waals surface area contributed by atoms with Crippen molar-refractivity contribution in [3.05, 3.63) is 64.4 Å². The summed E-state index contributed by atoms with van der Waals surface area (Å²) in [5.41, 5.74) is 1.74. The topological polar surface area (TPSA) is 22.0 Å². The molecule has 3 heteroatoms. The van der Waals surface area contributed by atoms with Crippen LogP contribution in [0.3, 0.4) is 0 Å². The number of ketones is 1. The monoisotopic (exact) mass is 243 g/mol. The van der Waals surface area contributed by atoms with Crippen molar-refractivity contribution in [1.82, 2.24) is 4.57 Å². The number of Topliss-reactive ketones (excluding diaryl/α,β-unsaturated/α-hetero) is 1. The standard InChI is InChI=1S/C14H13NOS/c1-11-6-5-9-15(14(11)17)10-13(16)12-7-3-2-4-8-12/h2-9H,10H2,1H3. The van der Waals surface area contributed by atoms with E-state index in [0.29, 0.717) is 6.54 Å². The molecule has 0 bridgehead atoms. The smallest absolute Gasteiger partial charge is 0.182 e. The quantitative estimate of drug-likeness (QED) is 0.609. The molecule has 0 saturated carbocycles. The van der Waals surface area contributed by atoms with Gasteiger partial charge in [0.15, 0.2) is 5.78 Å². The molecule has 1 aromatic heterocycles. The average molecular weight is 243 g/mol. The largest absolute Gasteiger partial charge is 0.331 e. The summed E-state index contributed by atoms with van der Waals surface area (Å²) in [4.78, 5) is 12.0. The van der Waals surface area contributed by atoms with E-state index in [1.165, 1.54) is 0 Å². The minimum Gasteiger partial charge on any atom is -0.331 e. The van der Waals surface area contributed by atoms with E-state index < -0.39 is 0 Å². The third-order valence-corrected chi connectivity index (χ3v) is 3.18. The number of nitrogens with zero attached hydrogens (tertiary/aromatic N) is 1. The van der Waals surface area contributed by atoms with Crippen molar-refractivity contribution in [2.24, 2.45) is 0 Å². The molecule has 1 aromatic carbocycles. The lowest BCUT2D eigenvalue weighted by Crippen LogP contribution is -2.11. The number of carbonyl (C=O) groups excluding carboxylic acids is 1. The maximum absolute atomic E-state index is 12.0. The zero-order valence-electron chi connectivity index (χ0n) is 9.59. The van der Waals surface area contributed by atoms with Gasteiger partial charge in [-0.05, 0) is 18.6 Å². The third-order valence-electron chi connectivity index (χ3n) is 2.62. The summed E-state index contributed by atoms with van der Waals surface area (Å²) in [6.45, 7) is 2.25. The molecule has 0 saturated heterocycles. The first-order chi connectivity index (χ1) is 8.18. The van der Waals surface area contributed by atoms with Gasteiger partial charge in [0.25, 0.3) is 0 Å². The molecule has 1 heterocycles. The van der Waals surface area contributed by atoms with Crippen LogP contribution in [0, 0.1) is 11.6 Å². The number of aryl methyl sites for hydroxylation is 1. The SMILES string of the molecule is Cc1cccn(CC(=O)c2ccccc2)c1=S. The predicted molar refractivity (Wildman–Crippen MR) is 70.8 cm³/mol. The normalized spacial score (nSPS) is 10.2. The molecule has 0 spiro atoms. The summed E-state index contributed by atoms with van der Waals surface area (Å²) in [5.74, 6) is 0.0762. The Labute approximate surface area is 106 Å².